The van der Waals surface area contributed by atoms with Crippen LogP contribution in [0, 0.1) is 5.92 Å². The van der Waals surface area contributed by atoms with Crippen LogP contribution < -0.4 is 5.06 Å². The maximum absolute atomic E-state index is 5.82. The number of nitrogens with one attached hydrogen (secondary N) is 1. The number of quaternary nitrogens is 1. The van der Waals surface area contributed by atoms with Gasteiger partial charge in [0.1, 0.15) is 19.7 Å². The van der Waals surface area contributed by atoms with Gasteiger partial charge in [0, 0.05) is 0 Å². The van der Waals surface area contributed by atoms with Gasteiger partial charge in [-0.05, 0) is 18.8 Å². The highest BCUT2D eigenvalue weighted by molar-refractivity contribution is 4.36. The maximum atomic E-state index is 5.82. The summed E-state index contributed by atoms with van der Waals surface area (Å²) in [7, 11) is 0. The van der Waals surface area contributed by atoms with Crippen molar-refractivity contribution in [1.29, 1.82) is 0 Å². The Balaban J connectivity index is 3.60. The molecule has 0 aromatic heterocycles. The van der Waals surface area contributed by atoms with Crippen LogP contribution in [0.3, 0.4) is 0 Å². The summed E-state index contributed by atoms with van der Waals surface area (Å²) in [6.07, 6.45) is 5.08. The van der Waals surface area contributed by atoms with Crippen molar-refractivity contribution in [1.82, 2.24) is 0 Å². The fourth-order valence-electron chi connectivity index (χ4n) is 1.30. The van der Waals surface area contributed by atoms with Gasteiger partial charge in [0.15, 0.2) is 0 Å². The molecule has 1 N–H and O–H groups in total. The van der Waals surface area contributed by atoms with E-state index >= 15 is 0 Å². The van der Waals surface area contributed by atoms with Crippen LogP contribution in [0.2, 0.25) is 0 Å². The molecule has 2 heteroatoms. The van der Waals surface area contributed by atoms with Crippen molar-refractivity contribution < 1.29 is 9.90 Å². The van der Waals surface area contributed by atoms with Gasteiger partial charge in [-0.3, -0.25) is 0 Å². The molecule has 0 saturated carbocycles. The first-order valence-electron chi connectivity index (χ1n) is 6.18. The molecule has 0 aliphatic rings. The zero-order valence-corrected chi connectivity index (χ0v) is 10.4. The van der Waals surface area contributed by atoms with Crippen LogP contribution in [0.15, 0.2) is 0 Å². The number of unbranched alkanes of at least 4 members (excludes halogenated alkanes) is 2. The summed E-state index contributed by atoms with van der Waals surface area (Å²) in [5.41, 5.74) is 0. The van der Waals surface area contributed by atoms with Gasteiger partial charge in [-0.1, -0.05) is 40.5 Å². The number of hydrogen-bond acceptors (Lipinski definition) is 1. The minimum Gasteiger partial charge on any atom is -0.204 e. The van der Waals surface area contributed by atoms with Crippen LogP contribution in [-0.4, -0.2) is 19.7 Å². The Hall–Kier alpha value is -0.0800. The summed E-state index contributed by atoms with van der Waals surface area (Å²) in [4.78, 5) is 5.82. The van der Waals surface area contributed by atoms with E-state index in [1.807, 2.05) is 0 Å². The Bertz CT molecular complexity index is 107. The van der Waals surface area contributed by atoms with E-state index in [0.29, 0.717) is 5.92 Å². The molecule has 0 atom stereocenters. The van der Waals surface area contributed by atoms with E-state index in [4.69, 9.17) is 4.84 Å². The fourth-order valence-corrected chi connectivity index (χ4v) is 1.30. The van der Waals surface area contributed by atoms with Crippen LogP contribution in [0.5, 0.6) is 0 Å². The molecule has 14 heavy (non-hydrogen) atoms. The molecule has 0 aliphatic heterocycles. The molecular weight excluding hydrogens is 174 g/mol. The second-order valence-corrected chi connectivity index (χ2v) is 4.45. The first kappa shape index (κ1) is 13.9. The van der Waals surface area contributed by atoms with Gasteiger partial charge in [-0.15, -0.1) is 0 Å². The minimum atomic E-state index is 0.647. The highest BCUT2D eigenvalue weighted by Crippen LogP contribution is 1.89. The lowest BCUT2D eigenvalue weighted by Gasteiger charge is -2.18. The van der Waals surface area contributed by atoms with Crippen molar-refractivity contribution >= 4 is 0 Å². The molecule has 0 aromatic rings. The average molecular weight is 202 g/mol. The summed E-state index contributed by atoms with van der Waals surface area (Å²) < 4.78 is 0. The van der Waals surface area contributed by atoms with E-state index in [1.54, 1.807) is 0 Å². The lowest BCUT2D eigenvalue weighted by Crippen LogP contribution is -3.11. The minimum absolute atomic E-state index is 0.647. The normalized spacial score (nSPS) is 11.6. The van der Waals surface area contributed by atoms with E-state index in [9.17, 15) is 0 Å². The lowest BCUT2D eigenvalue weighted by atomic mass is 10.2. The van der Waals surface area contributed by atoms with Crippen LogP contribution >= 0.6 is 0 Å². The summed E-state index contributed by atoms with van der Waals surface area (Å²) in [6.45, 7) is 12.1. The standard InChI is InChI=1S/C12H27NO/c1-5-7-9-13(10-8-6-2)14-11-12(3)4/h12H,5-11H2,1-4H3/p+1. The second kappa shape index (κ2) is 9.47. The number of rotatable bonds is 9. The van der Waals surface area contributed by atoms with Crippen LogP contribution in [0.4, 0.5) is 0 Å². The Morgan fingerprint density at radius 3 is 1.86 bits per heavy atom. The van der Waals surface area contributed by atoms with E-state index in [-0.39, 0.29) is 0 Å². The molecule has 0 heterocycles. The van der Waals surface area contributed by atoms with Gasteiger partial charge >= 0.3 is 0 Å². The zero-order valence-electron chi connectivity index (χ0n) is 10.4. The molecule has 0 rings (SSSR count). The lowest BCUT2D eigenvalue weighted by molar-refractivity contribution is -1.09. The highest BCUT2D eigenvalue weighted by Gasteiger charge is 2.09. The first-order chi connectivity index (χ1) is 6.70. The van der Waals surface area contributed by atoms with Gasteiger partial charge in [0.25, 0.3) is 0 Å². The number of hydrogen-bond donors (Lipinski definition) is 1. The van der Waals surface area contributed by atoms with Gasteiger partial charge < -0.3 is 0 Å². The van der Waals surface area contributed by atoms with Crippen molar-refractivity contribution in [3.63, 3.8) is 0 Å². The molecule has 2 nitrogen and oxygen atoms in total. The molecule has 0 fully saturated rings. The van der Waals surface area contributed by atoms with Gasteiger partial charge in [0.2, 0.25) is 0 Å². The topological polar surface area (TPSA) is 13.7 Å². The second-order valence-electron chi connectivity index (χ2n) is 4.45. The molecule has 0 aliphatic carbocycles. The highest BCUT2D eigenvalue weighted by atomic mass is 16.7. The maximum Gasteiger partial charge on any atom is 0.108 e. The predicted molar refractivity (Wildman–Crippen MR) is 61.3 cm³/mol. The third-order valence-corrected chi connectivity index (χ3v) is 2.24. The van der Waals surface area contributed by atoms with Gasteiger partial charge in [0.05, 0.1) is 0 Å². The van der Waals surface area contributed by atoms with Crippen molar-refractivity contribution in [3.8, 4) is 0 Å². The molecule has 0 amide bonds. The van der Waals surface area contributed by atoms with Crippen molar-refractivity contribution in [2.45, 2.75) is 53.4 Å². The predicted octanol–water partition coefficient (Wildman–Crippen LogP) is 2.06. The summed E-state index contributed by atoms with van der Waals surface area (Å²) in [5, 5.41) is 1.34. The molecular formula is C12H28NO+. The molecule has 0 bridgehead atoms. The van der Waals surface area contributed by atoms with Gasteiger partial charge in [-0.2, -0.15) is 5.06 Å². The quantitative estimate of drug-likeness (QED) is 0.565. The molecule has 0 saturated heterocycles. The zero-order chi connectivity index (χ0) is 10.8. The largest absolute Gasteiger partial charge is 0.204 e. The third kappa shape index (κ3) is 8.52. The Morgan fingerprint density at radius 2 is 1.50 bits per heavy atom. The number of hydroxylamine groups is 2. The van der Waals surface area contributed by atoms with Gasteiger partial charge in [-0.25, -0.2) is 4.84 Å². The van der Waals surface area contributed by atoms with Crippen molar-refractivity contribution in [2.75, 3.05) is 19.7 Å². The fraction of sp³-hybridized carbons (Fsp3) is 1.00. The Kier molecular flexibility index (Phi) is 9.42. The Labute approximate surface area is 89.6 Å². The molecule has 0 aromatic carbocycles. The summed E-state index contributed by atoms with van der Waals surface area (Å²) in [5.74, 6) is 0.647. The Morgan fingerprint density at radius 1 is 1.00 bits per heavy atom. The van der Waals surface area contributed by atoms with E-state index in [2.05, 4.69) is 27.7 Å². The molecule has 86 valence electrons. The molecule has 0 spiro atoms. The first-order valence-corrected chi connectivity index (χ1v) is 6.18. The van der Waals surface area contributed by atoms with E-state index in [1.165, 1.54) is 43.8 Å². The third-order valence-electron chi connectivity index (χ3n) is 2.24. The molecule has 0 radical (unpaired) electrons. The monoisotopic (exact) mass is 202 g/mol. The SMILES string of the molecule is CCCC[NH+](CCCC)OCC(C)C. The molecule has 0 unspecified atom stereocenters. The van der Waals surface area contributed by atoms with Crippen LogP contribution in [0.25, 0.3) is 0 Å². The van der Waals surface area contributed by atoms with Crippen molar-refractivity contribution in [3.05, 3.63) is 0 Å². The average Bonchev–Trinajstić information content (AvgIpc) is 2.16. The van der Waals surface area contributed by atoms with Crippen molar-refractivity contribution in [2.24, 2.45) is 5.92 Å². The van der Waals surface area contributed by atoms with Crippen LogP contribution in [0.1, 0.15) is 53.4 Å². The van der Waals surface area contributed by atoms with E-state index in [0.717, 1.165) is 6.61 Å². The van der Waals surface area contributed by atoms with Crippen LogP contribution in [-0.2, 0) is 4.84 Å². The van der Waals surface area contributed by atoms with E-state index < -0.39 is 0 Å². The summed E-state index contributed by atoms with van der Waals surface area (Å²) in [6, 6.07) is 0. The smallest absolute Gasteiger partial charge is 0.108 e. The summed E-state index contributed by atoms with van der Waals surface area (Å²) >= 11 is 0.